The van der Waals surface area contributed by atoms with Crippen molar-refractivity contribution in [2.45, 2.75) is 33.1 Å². The predicted molar refractivity (Wildman–Crippen MR) is 55.5 cm³/mol. The summed E-state index contributed by atoms with van der Waals surface area (Å²) in [6.07, 6.45) is 0. The molecule has 3 heteroatoms. The van der Waals surface area contributed by atoms with E-state index in [0.717, 1.165) is 12.4 Å². The normalized spacial score (nSPS) is 24.5. The zero-order valence-electron chi connectivity index (χ0n) is 8.29. The number of nitrogens with two attached hydrogens (primary N) is 1. The van der Waals surface area contributed by atoms with E-state index >= 15 is 0 Å². The third kappa shape index (κ3) is 2.34. The topological polar surface area (TPSA) is 29.3 Å². The fourth-order valence-corrected chi connectivity index (χ4v) is 2.07. The monoisotopic (exact) mass is 186 g/mol. The van der Waals surface area contributed by atoms with Crippen LogP contribution in [-0.2, 0) is 0 Å². The molecule has 0 fully saturated rings. The summed E-state index contributed by atoms with van der Waals surface area (Å²) in [4.78, 5) is 2.25. The molecule has 1 heterocycles. The van der Waals surface area contributed by atoms with Crippen molar-refractivity contribution in [2.24, 2.45) is 11.1 Å². The van der Waals surface area contributed by atoms with Crippen LogP contribution < -0.4 is 5.73 Å². The van der Waals surface area contributed by atoms with Gasteiger partial charge >= 0.3 is 0 Å². The summed E-state index contributed by atoms with van der Waals surface area (Å²) in [5, 5.41) is 2.54. The van der Waals surface area contributed by atoms with Gasteiger partial charge in [-0.3, -0.25) is 0 Å². The lowest BCUT2D eigenvalue weighted by Crippen LogP contribution is -2.36. The van der Waals surface area contributed by atoms with Crippen LogP contribution in [-0.4, -0.2) is 16.8 Å². The zero-order chi connectivity index (χ0) is 9.35. The van der Waals surface area contributed by atoms with Crippen LogP contribution >= 0.6 is 11.8 Å². The van der Waals surface area contributed by atoms with Gasteiger partial charge in [0.2, 0.25) is 0 Å². The van der Waals surface area contributed by atoms with Crippen molar-refractivity contribution in [1.82, 2.24) is 4.90 Å². The van der Waals surface area contributed by atoms with E-state index in [1.807, 2.05) is 5.41 Å². The summed E-state index contributed by atoms with van der Waals surface area (Å²) >= 11 is 1.79. The standard InChI is InChI=1S/C9H18N2S/c1-7-11(6-9(2,3)4)8(10)5-12-7/h5,7H,6,10H2,1-4H3. The molecule has 0 aromatic heterocycles. The molecule has 2 nitrogen and oxygen atoms in total. The second kappa shape index (κ2) is 3.21. The van der Waals surface area contributed by atoms with E-state index in [4.69, 9.17) is 5.73 Å². The van der Waals surface area contributed by atoms with E-state index < -0.39 is 0 Å². The maximum absolute atomic E-state index is 5.84. The van der Waals surface area contributed by atoms with Gasteiger partial charge < -0.3 is 10.6 Å². The van der Waals surface area contributed by atoms with Gasteiger partial charge in [0.05, 0.1) is 5.37 Å². The average molecular weight is 186 g/mol. The molecule has 0 aromatic rings. The Morgan fingerprint density at radius 2 is 2.17 bits per heavy atom. The molecule has 1 aliphatic rings. The van der Waals surface area contributed by atoms with E-state index in [-0.39, 0.29) is 0 Å². The lowest BCUT2D eigenvalue weighted by Gasteiger charge is -2.31. The highest BCUT2D eigenvalue weighted by atomic mass is 32.2. The lowest BCUT2D eigenvalue weighted by molar-refractivity contribution is 0.231. The lowest BCUT2D eigenvalue weighted by atomic mass is 9.96. The molecule has 1 unspecified atom stereocenters. The second-order valence-electron chi connectivity index (χ2n) is 4.47. The van der Waals surface area contributed by atoms with Crippen molar-refractivity contribution in [3.8, 4) is 0 Å². The maximum Gasteiger partial charge on any atom is 0.106 e. The first-order valence-corrected chi connectivity index (χ1v) is 5.22. The average Bonchev–Trinajstić information content (AvgIpc) is 2.16. The molecule has 0 spiro atoms. The minimum absolute atomic E-state index is 0.317. The van der Waals surface area contributed by atoms with E-state index in [9.17, 15) is 0 Å². The first kappa shape index (κ1) is 9.78. The highest BCUT2D eigenvalue weighted by molar-refractivity contribution is 8.02. The van der Waals surface area contributed by atoms with Crippen LogP contribution in [0.25, 0.3) is 0 Å². The minimum Gasteiger partial charge on any atom is -0.385 e. The Bertz CT molecular complexity index is 193. The molecule has 1 rings (SSSR count). The Labute approximate surface area is 79.2 Å². The number of thioether (sulfide) groups is 1. The third-order valence-corrected chi connectivity index (χ3v) is 2.83. The van der Waals surface area contributed by atoms with Crippen LogP contribution in [0.2, 0.25) is 0 Å². The SMILES string of the molecule is CC1SC=C(N)N1CC(C)(C)C. The molecule has 0 saturated carbocycles. The number of hydrogen-bond acceptors (Lipinski definition) is 3. The molecule has 1 aliphatic heterocycles. The zero-order valence-corrected chi connectivity index (χ0v) is 9.11. The Morgan fingerprint density at radius 3 is 2.50 bits per heavy atom. The van der Waals surface area contributed by atoms with Gasteiger partial charge in [0, 0.05) is 12.0 Å². The van der Waals surface area contributed by atoms with Crippen LogP contribution in [0, 0.1) is 5.41 Å². The Kier molecular flexibility index (Phi) is 2.61. The summed E-state index contributed by atoms with van der Waals surface area (Å²) in [6.45, 7) is 9.91. The van der Waals surface area contributed by atoms with E-state index in [1.54, 1.807) is 11.8 Å². The third-order valence-electron chi connectivity index (χ3n) is 1.80. The largest absolute Gasteiger partial charge is 0.385 e. The van der Waals surface area contributed by atoms with Crippen LogP contribution in [0.15, 0.2) is 11.2 Å². The van der Waals surface area contributed by atoms with Crippen molar-refractivity contribution in [1.29, 1.82) is 0 Å². The van der Waals surface area contributed by atoms with Gasteiger partial charge in [-0.25, -0.2) is 0 Å². The van der Waals surface area contributed by atoms with Crippen molar-refractivity contribution in [3.63, 3.8) is 0 Å². The van der Waals surface area contributed by atoms with Crippen molar-refractivity contribution >= 4 is 11.8 Å². The molecule has 70 valence electrons. The number of nitrogens with zero attached hydrogens (tertiary/aromatic N) is 1. The predicted octanol–water partition coefficient (Wildman–Crippen LogP) is 2.18. The summed E-state index contributed by atoms with van der Waals surface area (Å²) in [7, 11) is 0. The summed E-state index contributed by atoms with van der Waals surface area (Å²) in [5.41, 5.74) is 6.16. The van der Waals surface area contributed by atoms with Crippen LogP contribution in [0.4, 0.5) is 0 Å². The van der Waals surface area contributed by atoms with E-state index in [2.05, 4.69) is 32.6 Å². The Hall–Kier alpha value is -0.310. The molecule has 1 atom stereocenters. The van der Waals surface area contributed by atoms with Gasteiger partial charge in [-0.05, 0) is 12.3 Å². The van der Waals surface area contributed by atoms with Gasteiger partial charge in [-0.15, -0.1) is 11.8 Å². The number of hydrogen-bond donors (Lipinski definition) is 1. The highest BCUT2D eigenvalue weighted by Gasteiger charge is 2.25. The molecule has 0 aliphatic carbocycles. The number of rotatable bonds is 1. The second-order valence-corrected chi connectivity index (χ2v) is 5.66. The fourth-order valence-electron chi connectivity index (χ4n) is 1.25. The summed E-state index contributed by atoms with van der Waals surface area (Å²) in [5.74, 6) is 0.919. The van der Waals surface area contributed by atoms with Gasteiger partial charge in [0.1, 0.15) is 5.82 Å². The summed E-state index contributed by atoms with van der Waals surface area (Å²) in [6, 6.07) is 0. The smallest absolute Gasteiger partial charge is 0.106 e. The van der Waals surface area contributed by atoms with Crippen LogP contribution in [0.5, 0.6) is 0 Å². The Balaban J connectivity index is 2.57. The van der Waals surface area contributed by atoms with Crippen molar-refractivity contribution in [3.05, 3.63) is 11.2 Å². The molecule has 2 N–H and O–H groups in total. The van der Waals surface area contributed by atoms with Crippen molar-refractivity contribution < 1.29 is 0 Å². The quantitative estimate of drug-likeness (QED) is 0.680. The molecule has 0 saturated heterocycles. The molecule has 0 aromatic carbocycles. The minimum atomic E-state index is 0.317. The van der Waals surface area contributed by atoms with E-state index in [1.165, 1.54) is 0 Å². The van der Waals surface area contributed by atoms with Gasteiger partial charge in [0.25, 0.3) is 0 Å². The molecular weight excluding hydrogens is 168 g/mol. The molecule has 0 radical (unpaired) electrons. The van der Waals surface area contributed by atoms with Gasteiger partial charge in [0.15, 0.2) is 0 Å². The summed E-state index contributed by atoms with van der Waals surface area (Å²) < 4.78 is 0. The maximum atomic E-state index is 5.84. The molecule has 0 amide bonds. The molecular formula is C9H18N2S. The first-order valence-electron chi connectivity index (χ1n) is 4.28. The molecule has 0 bridgehead atoms. The van der Waals surface area contributed by atoms with Crippen LogP contribution in [0.1, 0.15) is 27.7 Å². The van der Waals surface area contributed by atoms with Gasteiger partial charge in [-0.1, -0.05) is 20.8 Å². The molecule has 12 heavy (non-hydrogen) atoms. The van der Waals surface area contributed by atoms with Crippen molar-refractivity contribution in [2.75, 3.05) is 6.54 Å². The van der Waals surface area contributed by atoms with Gasteiger partial charge in [-0.2, -0.15) is 0 Å². The van der Waals surface area contributed by atoms with E-state index in [0.29, 0.717) is 10.8 Å². The highest BCUT2D eigenvalue weighted by Crippen LogP contribution is 2.30. The first-order chi connectivity index (χ1) is 5.40. The fraction of sp³-hybridized carbons (Fsp3) is 0.778. The van der Waals surface area contributed by atoms with Crippen LogP contribution in [0.3, 0.4) is 0 Å². The Morgan fingerprint density at radius 1 is 1.58 bits per heavy atom.